The highest BCUT2D eigenvalue weighted by Crippen LogP contribution is 2.36. The number of allylic oxidation sites excluding steroid dienone is 2. The van der Waals surface area contributed by atoms with E-state index in [4.69, 9.17) is 9.47 Å². The van der Waals surface area contributed by atoms with Gasteiger partial charge in [0.05, 0.1) is 13.2 Å². The van der Waals surface area contributed by atoms with Gasteiger partial charge in [0.15, 0.2) is 0 Å². The fraction of sp³-hybridized carbons (Fsp3) is 0.538. The molecular weight excluding hydrogens is 703 g/mol. The van der Waals surface area contributed by atoms with E-state index in [0.717, 1.165) is 68.4 Å². The van der Waals surface area contributed by atoms with Crippen LogP contribution in [-0.2, 0) is 31.9 Å². The van der Waals surface area contributed by atoms with Crippen molar-refractivity contribution in [3.63, 3.8) is 0 Å². The molecule has 0 saturated heterocycles. The van der Waals surface area contributed by atoms with Crippen molar-refractivity contribution < 1.29 is 19.1 Å². The molecule has 0 heterocycles. The first-order valence-electron chi connectivity index (χ1n) is 22.6. The number of benzene rings is 3. The van der Waals surface area contributed by atoms with Gasteiger partial charge in [0.25, 0.3) is 0 Å². The number of ether oxygens (including phenoxy) is 2. The maximum Gasteiger partial charge on any atom is 0.330 e. The van der Waals surface area contributed by atoms with Crippen molar-refractivity contribution in [1.82, 2.24) is 0 Å². The van der Waals surface area contributed by atoms with Crippen LogP contribution in [0.4, 0.5) is 17.1 Å². The van der Waals surface area contributed by atoms with E-state index in [1.54, 1.807) is 12.2 Å². The van der Waals surface area contributed by atoms with E-state index in [-0.39, 0.29) is 11.9 Å². The second-order valence-electron chi connectivity index (χ2n) is 15.8. The van der Waals surface area contributed by atoms with Crippen molar-refractivity contribution in [2.24, 2.45) is 0 Å². The first-order valence-corrected chi connectivity index (χ1v) is 22.6. The van der Waals surface area contributed by atoms with Crippen molar-refractivity contribution in [3.05, 3.63) is 113 Å². The van der Waals surface area contributed by atoms with Crippen molar-refractivity contribution in [2.45, 2.75) is 169 Å². The second-order valence-corrected chi connectivity index (χ2v) is 15.8. The van der Waals surface area contributed by atoms with E-state index in [9.17, 15) is 9.59 Å². The summed E-state index contributed by atoms with van der Waals surface area (Å²) in [6.45, 7) is 9.64. The Hall–Kier alpha value is -4.12. The molecule has 312 valence electrons. The predicted molar refractivity (Wildman–Crippen MR) is 242 cm³/mol. The average Bonchev–Trinajstić information content (AvgIpc) is 3.22. The lowest BCUT2D eigenvalue weighted by molar-refractivity contribution is -0.138. The fourth-order valence-corrected chi connectivity index (χ4v) is 7.08. The number of esters is 2. The van der Waals surface area contributed by atoms with Crippen molar-refractivity contribution in [2.75, 3.05) is 18.1 Å². The SMILES string of the molecule is CCCCCCCCCC/C=C/C(=O)OCCCc1ccc(N(c2ccc(CCCOC(=O)/C=C/CCCCCCCCCC)cc2)c2ccc(C)c(C)c2)cc1. The van der Waals surface area contributed by atoms with Gasteiger partial charge in [0.2, 0.25) is 0 Å². The Labute approximate surface area is 347 Å². The van der Waals surface area contributed by atoms with Crippen LogP contribution in [0, 0.1) is 13.8 Å². The normalized spacial score (nSPS) is 11.4. The number of hydrogen-bond donors (Lipinski definition) is 0. The molecule has 0 fully saturated rings. The molecule has 3 aromatic carbocycles. The van der Waals surface area contributed by atoms with Crippen LogP contribution in [0.5, 0.6) is 0 Å². The highest BCUT2D eigenvalue weighted by atomic mass is 16.5. The lowest BCUT2D eigenvalue weighted by atomic mass is 10.1. The molecule has 5 heteroatoms. The molecule has 0 aliphatic rings. The molecule has 0 atom stereocenters. The minimum absolute atomic E-state index is 0.240. The second kappa shape index (κ2) is 30.0. The Kier molecular flexibility index (Phi) is 24.9. The van der Waals surface area contributed by atoms with E-state index in [1.807, 2.05) is 12.2 Å². The molecule has 0 spiro atoms. The summed E-state index contributed by atoms with van der Waals surface area (Å²) in [6.07, 6.45) is 32.9. The molecule has 3 aromatic rings. The molecular formula is C52H75NO4. The van der Waals surface area contributed by atoms with Gasteiger partial charge in [-0.05, 0) is 124 Å². The lowest BCUT2D eigenvalue weighted by Gasteiger charge is -2.26. The molecule has 3 rings (SSSR count). The molecule has 0 N–H and O–H groups in total. The largest absolute Gasteiger partial charge is 0.463 e. The molecule has 0 aliphatic heterocycles. The Balaban J connectivity index is 1.42. The van der Waals surface area contributed by atoms with Gasteiger partial charge in [-0.25, -0.2) is 9.59 Å². The maximum absolute atomic E-state index is 12.2. The zero-order valence-electron chi connectivity index (χ0n) is 36.2. The standard InChI is InChI=1S/C52H75NO4/c1-5-7-9-11-13-15-17-19-21-23-29-51(54)56-41-25-27-46-32-37-48(38-33-46)53(50-36-31-44(3)45(4)43-50)49-39-34-47(35-40-49)28-26-42-57-52(55)30-24-22-20-18-16-14-12-10-8-6-2/h23-24,29-40,43H,5-22,25-28,41-42H2,1-4H3/b29-23+,30-24+. The number of carbonyl (C=O) groups excluding carboxylic acids is 2. The summed E-state index contributed by atoms with van der Waals surface area (Å²) >= 11 is 0. The van der Waals surface area contributed by atoms with Crippen molar-refractivity contribution >= 4 is 29.0 Å². The average molecular weight is 778 g/mol. The first-order chi connectivity index (χ1) is 27.9. The van der Waals surface area contributed by atoms with Crippen LogP contribution in [-0.4, -0.2) is 25.2 Å². The number of aryl methyl sites for hydroxylation is 4. The van der Waals surface area contributed by atoms with Crippen LogP contribution in [0.2, 0.25) is 0 Å². The zero-order chi connectivity index (χ0) is 40.8. The van der Waals surface area contributed by atoms with Crippen LogP contribution in [0.1, 0.15) is 165 Å². The minimum Gasteiger partial charge on any atom is -0.463 e. The number of hydrogen-bond acceptors (Lipinski definition) is 5. The number of nitrogens with zero attached hydrogens (tertiary/aromatic N) is 1. The molecule has 5 nitrogen and oxygen atoms in total. The molecule has 0 bridgehead atoms. The van der Waals surface area contributed by atoms with Crippen LogP contribution in [0.15, 0.2) is 91.0 Å². The Morgan fingerprint density at radius 2 is 0.860 bits per heavy atom. The summed E-state index contributed by atoms with van der Waals surface area (Å²) in [5, 5.41) is 0. The highest BCUT2D eigenvalue weighted by Gasteiger charge is 2.14. The van der Waals surface area contributed by atoms with Gasteiger partial charge in [-0.1, -0.05) is 146 Å². The minimum atomic E-state index is -0.240. The van der Waals surface area contributed by atoms with Gasteiger partial charge in [0.1, 0.15) is 0 Å². The summed E-state index contributed by atoms with van der Waals surface area (Å²) in [4.78, 5) is 26.7. The molecule has 0 radical (unpaired) electrons. The summed E-state index contributed by atoms with van der Waals surface area (Å²) in [6, 6.07) is 24.0. The monoisotopic (exact) mass is 778 g/mol. The number of carbonyl (C=O) groups is 2. The molecule has 0 aromatic heterocycles. The van der Waals surface area contributed by atoms with Crippen LogP contribution < -0.4 is 4.90 Å². The van der Waals surface area contributed by atoms with Crippen LogP contribution in [0.3, 0.4) is 0 Å². The van der Waals surface area contributed by atoms with Gasteiger partial charge in [-0.15, -0.1) is 0 Å². The summed E-state index contributed by atoms with van der Waals surface area (Å²) in [5.41, 5.74) is 8.24. The quantitative estimate of drug-likeness (QED) is 0.0370. The summed E-state index contributed by atoms with van der Waals surface area (Å²) in [5.74, 6) is -0.480. The van der Waals surface area contributed by atoms with Gasteiger partial charge in [-0.2, -0.15) is 0 Å². The van der Waals surface area contributed by atoms with Crippen molar-refractivity contribution in [3.8, 4) is 0 Å². The topological polar surface area (TPSA) is 55.8 Å². The van der Waals surface area contributed by atoms with Crippen LogP contribution in [0.25, 0.3) is 0 Å². The highest BCUT2D eigenvalue weighted by molar-refractivity contribution is 5.82. The third-order valence-electron chi connectivity index (χ3n) is 10.8. The molecule has 0 aliphatic carbocycles. The van der Waals surface area contributed by atoms with Gasteiger partial charge >= 0.3 is 11.9 Å². The Morgan fingerprint density at radius 3 is 1.26 bits per heavy atom. The van der Waals surface area contributed by atoms with Gasteiger partial charge < -0.3 is 14.4 Å². The first kappa shape index (κ1) is 47.3. The number of anilines is 3. The number of rotatable bonds is 31. The van der Waals surface area contributed by atoms with E-state index < -0.39 is 0 Å². The molecule has 0 amide bonds. The summed E-state index contributed by atoms with van der Waals surface area (Å²) < 4.78 is 11.0. The molecule has 0 unspecified atom stereocenters. The van der Waals surface area contributed by atoms with E-state index in [2.05, 4.69) is 99.3 Å². The lowest BCUT2D eigenvalue weighted by Crippen LogP contribution is -2.10. The van der Waals surface area contributed by atoms with E-state index in [0.29, 0.717) is 13.2 Å². The third kappa shape index (κ3) is 20.7. The fourth-order valence-electron chi connectivity index (χ4n) is 7.08. The maximum atomic E-state index is 12.2. The van der Waals surface area contributed by atoms with Gasteiger partial charge in [0, 0.05) is 29.2 Å². The smallest absolute Gasteiger partial charge is 0.330 e. The molecule has 0 saturated carbocycles. The zero-order valence-corrected chi connectivity index (χ0v) is 36.2. The summed E-state index contributed by atoms with van der Waals surface area (Å²) in [7, 11) is 0. The predicted octanol–water partition coefficient (Wildman–Crippen LogP) is 14.9. The Morgan fingerprint density at radius 1 is 0.474 bits per heavy atom. The van der Waals surface area contributed by atoms with Gasteiger partial charge in [-0.3, -0.25) is 0 Å². The third-order valence-corrected chi connectivity index (χ3v) is 10.8. The van der Waals surface area contributed by atoms with E-state index in [1.165, 1.54) is 112 Å². The number of unbranched alkanes of at least 4 members (excludes halogenated alkanes) is 16. The van der Waals surface area contributed by atoms with Crippen molar-refractivity contribution in [1.29, 1.82) is 0 Å². The van der Waals surface area contributed by atoms with Crippen LogP contribution >= 0.6 is 0 Å². The Bertz CT molecular complexity index is 1480. The molecule has 57 heavy (non-hydrogen) atoms. The van der Waals surface area contributed by atoms with E-state index >= 15 is 0 Å².